The minimum Gasteiger partial charge on any atom is -0.497 e. The Labute approximate surface area is 136 Å². The molecule has 3 rings (SSSR count). The SMILES string of the molecule is COc1cccc(CC(=O)N2CCC[C@@H](c3nncn3C)C2)c1. The first-order valence-electron chi connectivity index (χ1n) is 7.92. The fourth-order valence-corrected chi connectivity index (χ4v) is 3.15. The average molecular weight is 314 g/mol. The Bertz CT molecular complexity index is 683. The van der Waals surface area contributed by atoms with Crippen molar-refractivity contribution >= 4 is 5.91 Å². The van der Waals surface area contributed by atoms with Gasteiger partial charge in [-0.15, -0.1) is 10.2 Å². The van der Waals surface area contributed by atoms with Crippen molar-refractivity contribution in [3.8, 4) is 5.75 Å². The number of carbonyl (C=O) groups excluding carboxylic acids is 1. The molecule has 1 aliphatic rings. The first kappa shape index (κ1) is 15.5. The molecule has 2 aromatic rings. The van der Waals surface area contributed by atoms with E-state index in [1.165, 1.54) is 0 Å². The monoisotopic (exact) mass is 314 g/mol. The van der Waals surface area contributed by atoms with Crippen molar-refractivity contribution in [2.24, 2.45) is 7.05 Å². The number of aromatic nitrogens is 3. The molecule has 1 amide bonds. The van der Waals surface area contributed by atoms with Crippen LogP contribution in [-0.4, -0.2) is 45.8 Å². The van der Waals surface area contributed by atoms with Crippen molar-refractivity contribution in [1.29, 1.82) is 0 Å². The van der Waals surface area contributed by atoms with Gasteiger partial charge in [0.1, 0.15) is 17.9 Å². The van der Waals surface area contributed by atoms with E-state index in [2.05, 4.69) is 10.2 Å². The third kappa shape index (κ3) is 3.52. The minimum absolute atomic E-state index is 0.158. The van der Waals surface area contributed by atoms with Crippen LogP contribution in [0.25, 0.3) is 0 Å². The fourth-order valence-electron chi connectivity index (χ4n) is 3.15. The Morgan fingerprint density at radius 1 is 1.43 bits per heavy atom. The summed E-state index contributed by atoms with van der Waals surface area (Å²) in [6, 6.07) is 7.69. The second-order valence-corrected chi connectivity index (χ2v) is 6.01. The van der Waals surface area contributed by atoms with Crippen molar-refractivity contribution in [2.45, 2.75) is 25.2 Å². The number of aryl methyl sites for hydroxylation is 1. The number of hydrogen-bond acceptors (Lipinski definition) is 4. The number of ether oxygens (including phenoxy) is 1. The van der Waals surface area contributed by atoms with Crippen molar-refractivity contribution in [3.63, 3.8) is 0 Å². The third-order valence-corrected chi connectivity index (χ3v) is 4.38. The molecule has 1 aromatic carbocycles. The lowest BCUT2D eigenvalue weighted by Gasteiger charge is -2.32. The van der Waals surface area contributed by atoms with Gasteiger partial charge in [-0.25, -0.2) is 0 Å². The maximum atomic E-state index is 12.6. The highest BCUT2D eigenvalue weighted by Crippen LogP contribution is 2.25. The van der Waals surface area contributed by atoms with Crippen LogP contribution in [0.4, 0.5) is 0 Å². The van der Waals surface area contributed by atoms with Crippen molar-refractivity contribution in [2.75, 3.05) is 20.2 Å². The van der Waals surface area contributed by atoms with E-state index in [-0.39, 0.29) is 11.8 Å². The van der Waals surface area contributed by atoms with E-state index in [1.54, 1.807) is 13.4 Å². The lowest BCUT2D eigenvalue weighted by atomic mass is 9.96. The number of carbonyl (C=O) groups is 1. The molecule has 6 nitrogen and oxygen atoms in total. The first-order chi connectivity index (χ1) is 11.2. The number of likely N-dealkylation sites (tertiary alicyclic amines) is 1. The quantitative estimate of drug-likeness (QED) is 0.863. The van der Waals surface area contributed by atoms with Gasteiger partial charge in [-0.3, -0.25) is 4.79 Å². The van der Waals surface area contributed by atoms with Crippen LogP contribution in [0.2, 0.25) is 0 Å². The average Bonchev–Trinajstić information content (AvgIpc) is 3.01. The van der Waals surface area contributed by atoms with Crippen LogP contribution < -0.4 is 4.74 Å². The second kappa shape index (κ2) is 6.81. The van der Waals surface area contributed by atoms with Crippen LogP contribution in [0.3, 0.4) is 0 Å². The predicted molar refractivity (Wildman–Crippen MR) is 86.3 cm³/mol. The molecule has 6 heteroatoms. The summed E-state index contributed by atoms with van der Waals surface area (Å²) in [6.45, 7) is 1.53. The van der Waals surface area contributed by atoms with Gasteiger partial charge in [0.25, 0.3) is 0 Å². The molecule has 1 saturated heterocycles. The topological polar surface area (TPSA) is 60.2 Å². The van der Waals surface area contributed by atoms with Gasteiger partial charge < -0.3 is 14.2 Å². The van der Waals surface area contributed by atoms with Crippen molar-refractivity contribution in [1.82, 2.24) is 19.7 Å². The lowest BCUT2D eigenvalue weighted by Crippen LogP contribution is -2.40. The molecule has 1 atom stereocenters. The van der Waals surface area contributed by atoms with Gasteiger partial charge >= 0.3 is 0 Å². The van der Waals surface area contributed by atoms with E-state index in [9.17, 15) is 4.79 Å². The number of piperidine rings is 1. The van der Waals surface area contributed by atoms with Gasteiger partial charge in [0, 0.05) is 26.1 Å². The second-order valence-electron chi connectivity index (χ2n) is 6.01. The fraction of sp³-hybridized carbons (Fsp3) is 0.471. The number of hydrogen-bond donors (Lipinski definition) is 0. The van der Waals surface area contributed by atoms with E-state index in [4.69, 9.17) is 4.74 Å². The zero-order valence-electron chi connectivity index (χ0n) is 13.6. The third-order valence-electron chi connectivity index (χ3n) is 4.38. The number of rotatable bonds is 4. The molecule has 23 heavy (non-hydrogen) atoms. The van der Waals surface area contributed by atoms with Crippen molar-refractivity contribution < 1.29 is 9.53 Å². The largest absolute Gasteiger partial charge is 0.497 e. The summed E-state index contributed by atoms with van der Waals surface area (Å²) in [5.41, 5.74) is 0.982. The van der Waals surface area contributed by atoms with Gasteiger partial charge in [0.05, 0.1) is 13.5 Å². The molecule has 0 unspecified atom stereocenters. The van der Waals surface area contributed by atoms with E-state index < -0.39 is 0 Å². The smallest absolute Gasteiger partial charge is 0.227 e. The molecule has 1 aromatic heterocycles. The van der Waals surface area contributed by atoms with Crippen LogP contribution >= 0.6 is 0 Å². The number of methoxy groups -OCH3 is 1. The van der Waals surface area contributed by atoms with E-state index in [0.29, 0.717) is 6.42 Å². The van der Waals surface area contributed by atoms with Crippen LogP contribution in [0.1, 0.15) is 30.1 Å². The summed E-state index contributed by atoms with van der Waals surface area (Å²) >= 11 is 0. The van der Waals surface area contributed by atoms with Crippen LogP contribution in [-0.2, 0) is 18.3 Å². The molecule has 0 spiro atoms. The molecule has 1 aliphatic heterocycles. The maximum absolute atomic E-state index is 12.6. The summed E-state index contributed by atoms with van der Waals surface area (Å²) in [5.74, 6) is 2.17. The number of benzene rings is 1. The first-order valence-corrected chi connectivity index (χ1v) is 7.92. The van der Waals surface area contributed by atoms with Gasteiger partial charge in [0.2, 0.25) is 5.91 Å². The number of nitrogens with zero attached hydrogens (tertiary/aromatic N) is 4. The molecular formula is C17H22N4O2. The molecule has 2 heterocycles. The molecule has 0 radical (unpaired) electrons. The summed E-state index contributed by atoms with van der Waals surface area (Å²) in [5, 5.41) is 8.15. The van der Waals surface area contributed by atoms with Gasteiger partial charge in [-0.1, -0.05) is 12.1 Å². The maximum Gasteiger partial charge on any atom is 0.227 e. The molecule has 0 N–H and O–H groups in total. The van der Waals surface area contributed by atoms with Crippen LogP contribution in [0.5, 0.6) is 5.75 Å². The van der Waals surface area contributed by atoms with Crippen LogP contribution in [0.15, 0.2) is 30.6 Å². The summed E-state index contributed by atoms with van der Waals surface area (Å²) in [4.78, 5) is 14.6. The normalized spacial score (nSPS) is 18.0. The Balaban J connectivity index is 1.66. The van der Waals surface area contributed by atoms with E-state index in [0.717, 1.165) is 43.1 Å². The summed E-state index contributed by atoms with van der Waals surface area (Å²) in [6.07, 6.45) is 4.17. The zero-order chi connectivity index (χ0) is 16.2. The number of amides is 1. The molecule has 0 saturated carbocycles. The Kier molecular flexibility index (Phi) is 4.60. The van der Waals surface area contributed by atoms with E-state index in [1.807, 2.05) is 40.8 Å². The standard InChI is InChI=1S/C17H22N4O2/c1-20-12-18-19-17(20)14-6-4-8-21(11-14)16(22)10-13-5-3-7-15(9-13)23-2/h3,5,7,9,12,14H,4,6,8,10-11H2,1-2H3/t14-/m1/s1. The Hall–Kier alpha value is -2.37. The summed E-state index contributed by atoms with van der Waals surface area (Å²) in [7, 11) is 3.59. The zero-order valence-corrected chi connectivity index (χ0v) is 13.6. The van der Waals surface area contributed by atoms with Gasteiger partial charge in [-0.05, 0) is 30.5 Å². The highest BCUT2D eigenvalue weighted by atomic mass is 16.5. The predicted octanol–water partition coefficient (Wildman–Crippen LogP) is 1.77. The molecule has 1 fully saturated rings. The van der Waals surface area contributed by atoms with Gasteiger partial charge in [0.15, 0.2) is 0 Å². The molecule has 122 valence electrons. The molecular weight excluding hydrogens is 292 g/mol. The highest BCUT2D eigenvalue weighted by Gasteiger charge is 2.27. The lowest BCUT2D eigenvalue weighted by molar-refractivity contribution is -0.131. The Morgan fingerprint density at radius 3 is 3.04 bits per heavy atom. The van der Waals surface area contributed by atoms with Crippen LogP contribution in [0, 0.1) is 0 Å². The molecule has 0 bridgehead atoms. The Morgan fingerprint density at radius 2 is 2.30 bits per heavy atom. The molecule has 0 aliphatic carbocycles. The minimum atomic E-state index is 0.158. The van der Waals surface area contributed by atoms with Crippen molar-refractivity contribution in [3.05, 3.63) is 42.0 Å². The highest BCUT2D eigenvalue weighted by molar-refractivity contribution is 5.79. The summed E-state index contributed by atoms with van der Waals surface area (Å²) < 4.78 is 7.16. The van der Waals surface area contributed by atoms with Gasteiger partial charge in [-0.2, -0.15) is 0 Å². The van der Waals surface area contributed by atoms with E-state index >= 15 is 0 Å².